The van der Waals surface area contributed by atoms with Crippen LogP contribution >= 0.6 is 0 Å². The SMILES string of the molecule is [B]c1ccc(-c2ccc3ccccc3c2)cc1. The lowest BCUT2D eigenvalue weighted by Crippen LogP contribution is -1.99. The molecule has 0 aromatic heterocycles. The molecule has 0 fully saturated rings. The van der Waals surface area contributed by atoms with E-state index in [0.717, 1.165) is 5.46 Å². The normalized spacial score (nSPS) is 10.6. The molecule has 3 aromatic rings. The zero-order valence-electron chi connectivity index (χ0n) is 9.43. The maximum Gasteiger partial charge on any atom is 0.113 e. The lowest BCUT2D eigenvalue weighted by atomic mass is 9.93. The molecule has 0 atom stereocenters. The van der Waals surface area contributed by atoms with Gasteiger partial charge in [0.25, 0.3) is 0 Å². The highest BCUT2D eigenvalue weighted by atomic mass is 14.0. The molecule has 0 nitrogen and oxygen atoms in total. The van der Waals surface area contributed by atoms with Crippen LogP contribution in [0, 0.1) is 0 Å². The molecule has 0 unspecified atom stereocenters. The number of hydrogen-bond donors (Lipinski definition) is 0. The summed E-state index contributed by atoms with van der Waals surface area (Å²) in [4.78, 5) is 0. The Bertz CT molecular complexity index is 654. The van der Waals surface area contributed by atoms with E-state index in [1.807, 2.05) is 12.1 Å². The van der Waals surface area contributed by atoms with Crippen LogP contribution in [0.15, 0.2) is 66.7 Å². The number of fused-ring (bicyclic) bond motifs is 1. The predicted molar refractivity (Wildman–Crippen MR) is 74.8 cm³/mol. The van der Waals surface area contributed by atoms with Gasteiger partial charge in [-0.2, -0.15) is 0 Å². The van der Waals surface area contributed by atoms with Crippen LogP contribution in [0.3, 0.4) is 0 Å². The molecule has 0 aliphatic carbocycles. The predicted octanol–water partition coefficient (Wildman–Crippen LogP) is 3.30. The highest BCUT2D eigenvalue weighted by molar-refractivity contribution is 6.32. The summed E-state index contributed by atoms with van der Waals surface area (Å²) in [6.45, 7) is 0. The van der Waals surface area contributed by atoms with Gasteiger partial charge in [-0.1, -0.05) is 66.1 Å². The lowest BCUT2D eigenvalue weighted by molar-refractivity contribution is 1.67. The van der Waals surface area contributed by atoms with Crippen LogP contribution in [0.5, 0.6) is 0 Å². The van der Waals surface area contributed by atoms with Crippen LogP contribution in [0.1, 0.15) is 0 Å². The van der Waals surface area contributed by atoms with Crippen molar-refractivity contribution in [3.05, 3.63) is 66.7 Å². The summed E-state index contributed by atoms with van der Waals surface area (Å²) in [7, 11) is 5.70. The average molecular weight is 214 g/mol. The second-order valence-corrected chi connectivity index (χ2v) is 4.18. The van der Waals surface area contributed by atoms with Crippen LogP contribution in [0.4, 0.5) is 0 Å². The molecule has 0 aliphatic heterocycles. The van der Waals surface area contributed by atoms with E-state index < -0.39 is 0 Å². The summed E-state index contributed by atoms with van der Waals surface area (Å²) in [5.74, 6) is 0. The molecule has 0 saturated carbocycles. The van der Waals surface area contributed by atoms with Crippen molar-refractivity contribution in [2.75, 3.05) is 0 Å². The quantitative estimate of drug-likeness (QED) is 0.545. The summed E-state index contributed by atoms with van der Waals surface area (Å²) in [5, 5.41) is 2.54. The Morgan fingerprint density at radius 2 is 1.24 bits per heavy atom. The molecule has 17 heavy (non-hydrogen) atoms. The molecular formula is C16H11B. The third kappa shape index (κ3) is 1.96. The van der Waals surface area contributed by atoms with Gasteiger partial charge in [-0.15, -0.1) is 0 Å². The molecule has 0 saturated heterocycles. The van der Waals surface area contributed by atoms with Crippen molar-refractivity contribution in [2.24, 2.45) is 0 Å². The highest BCUT2D eigenvalue weighted by Gasteiger charge is 1.98. The molecule has 1 heteroatoms. The second kappa shape index (κ2) is 4.10. The Morgan fingerprint density at radius 3 is 2.00 bits per heavy atom. The Kier molecular flexibility index (Phi) is 2.45. The van der Waals surface area contributed by atoms with E-state index in [2.05, 4.69) is 54.6 Å². The highest BCUT2D eigenvalue weighted by Crippen LogP contribution is 2.23. The van der Waals surface area contributed by atoms with Crippen molar-refractivity contribution in [3.8, 4) is 11.1 Å². The third-order valence-electron chi connectivity index (χ3n) is 2.99. The monoisotopic (exact) mass is 214 g/mol. The van der Waals surface area contributed by atoms with E-state index in [1.54, 1.807) is 0 Å². The maximum atomic E-state index is 5.70. The molecule has 78 valence electrons. The summed E-state index contributed by atoms with van der Waals surface area (Å²) in [5.41, 5.74) is 3.23. The van der Waals surface area contributed by atoms with E-state index in [9.17, 15) is 0 Å². The Hall–Kier alpha value is -2.02. The van der Waals surface area contributed by atoms with Gasteiger partial charge in [0.15, 0.2) is 0 Å². The number of benzene rings is 3. The minimum Gasteiger partial charge on any atom is -0.0966 e. The van der Waals surface area contributed by atoms with Gasteiger partial charge in [0.05, 0.1) is 0 Å². The first-order chi connectivity index (χ1) is 8.33. The lowest BCUT2D eigenvalue weighted by Gasteiger charge is -2.04. The summed E-state index contributed by atoms with van der Waals surface area (Å²) >= 11 is 0. The Morgan fingerprint density at radius 1 is 0.588 bits per heavy atom. The van der Waals surface area contributed by atoms with E-state index >= 15 is 0 Å². The van der Waals surface area contributed by atoms with Gasteiger partial charge < -0.3 is 0 Å². The standard InChI is InChI=1S/C16H11B/c17-16-9-7-13(8-10-16)15-6-5-12-3-1-2-4-14(12)11-15/h1-11H. The summed E-state index contributed by atoms with van der Waals surface area (Å²) in [6.07, 6.45) is 0. The zero-order valence-corrected chi connectivity index (χ0v) is 9.43. The van der Waals surface area contributed by atoms with Crippen LogP contribution < -0.4 is 5.46 Å². The first-order valence-electron chi connectivity index (χ1n) is 5.68. The molecular weight excluding hydrogens is 203 g/mol. The van der Waals surface area contributed by atoms with Crippen molar-refractivity contribution in [1.29, 1.82) is 0 Å². The fourth-order valence-corrected chi connectivity index (χ4v) is 2.04. The summed E-state index contributed by atoms with van der Waals surface area (Å²) in [6, 6.07) is 22.9. The largest absolute Gasteiger partial charge is 0.113 e. The van der Waals surface area contributed by atoms with E-state index in [4.69, 9.17) is 7.85 Å². The van der Waals surface area contributed by atoms with Crippen LogP contribution in [-0.2, 0) is 0 Å². The van der Waals surface area contributed by atoms with Gasteiger partial charge in [0, 0.05) is 0 Å². The van der Waals surface area contributed by atoms with Crippen LogP contribution in [-0.4, -0.2) is 7.85 Å². The van der Waals surface area contributed by atoms with Crippen LogP contribution in [0.2, 0.25) is 0 Å². The van der Waals surface area contributed by atoms with E-state index in [-0.39, 0.29) is 0 Å². The fourth-order valence-electron chi connectivity index (χ4n) is 2.04. The van der Waals surface area contributed by atoms with E-state index in [1.165, 1.54) is 21.9 Å². The van der Waals surface area contributed by atoms with Crippen molar-refractivity contribution in [2.45, 2.75) is 0 Å². The summed E-state index contributed by atoms with van der Waals surface area (Å²) < 4.78 is 0. The van der Waals surface area contributed by atoms with Crippen molar-refractivity contribution < 1.29 is 0 Å². The molecule has 0 heterocycles. The van der Waals surface area contributed by atoms with Crippen molar-refractivity contribution in [3.63, 3.8) is 0 Å². The van der Waals surface area contributed by atoms with Gasteiger partial charge in [-0.25, -0.2) is 0 Å². The molecule has 0 spiro atoms. The van der Waals surface area contributed by atoms with Gasteiger partial charge in [0.2, 0.25) is 0 Å². The molecule has 3 rings (SSSR count). The van der Waals surface area contributed by atoms with Gasteiger partial charge in [0.1, 0.15) is 7.85 Å². The van der Waals surface area contributed by atoms with Gasteiger partial charge in [-0.05, 0) is 28.0 Å². The second-order valence-electron chi connectivity index (χ2n) is 4.18. The van der Waals surface area contributed by atoms with Gasteiger partial charge in [-0.3, -0.25) is 0 Å². The molecule has 0 aliphatic rings. The topological polar surface area (TPSA) is 0 Å². The Balaban J connectivity index is 2.14. The van der Waals surface area contributed by atoms with Crippen LogP contribution in [0.25, 0.3) is 21.9 Å². The van der Waals surface area contributed by atoms with Crippen molar-refractivity contribution >= 4 is 24.1 Å². The molecule has 3 aromatic carbocycles. The zero-order chi connectivity index (χ0) is 11.7. The average Bonchev–Trinajstić information content (AvgIpc) is 2.39. The minimum atomic E-state index is 0.800. The number of hydrogen-bond acceptors (Lipinski definition) is 0. The molecule has 0 amide bonds. The van der Waals surface area contributed by atoms with E-state index in [0.29, 0.717) is 0 Å². The Labute approximate surface area is 102 Å². The van der Waals surface area contributed by atoms with Crippen molar-refractivity contribution in [1.82, 2.24) is 0 Å². The first-order valence-corrected chi connectivity index (χ1v) is 5.68. The molecule has 0 bridgehead atoms. The third-order valence-corrected chi connectivity index (χ3v) is 2.99. The van der Waals surface area contributed by atoms with Gasteiger partial charge >= 0.3 is 0 Å². The molecule has 0 N–H and O–H groups in total. The number of rotatable bonds is 1. The smallest absolute Gasteiger partial charge is 0.0966 e. The molecule has 2 radical (unpaired) electrons. The maximum absolute atomic E-state index is 5.70. The fraction of sp³-hybridized carbons (Fsp3) is 0. The first kappa shape index (κ1) is 10.2. The minimum absolute atomic E-state index is 0.800.